The molecular weight excluding hydrogens is 270 g/mol. The molecule has 6 nitrogen and oxygen atoms in total. The molecule has 0 radical (unpaired) electrons. The van der Waals surface area contributed by atoms with Crippen LogP contribution in [0.1, 0.15) is 24.2 Å². The van der Waals surface area contributed by atoms with E-state index in [0.29, 0.717) is 16.7 Å². The Hall–Kier alpha value is -2.63. The standard InChI is InChI=1S/C15H17N3O3/c1-9(2)17-14(19)8-16-13-7-6-10-11(15(20)21)4-3-5-12(10)18-13/h3-7,9H,8H2,1-2H3,(H,16,18)(H,17,19)(H,20,21). The lowest BCUT2D eigenvalue weighted by Gasteiger charge is -2.10. The molecule has 110 valence electrons. The maximum Gasteiger partial charge on any atom is 0.336 e. The number of hydrogen-bond acceptors (Lipinski definition) is 4. The Morgan fingerprint density at radius 1 is 1.24 bits per heavy atom. The lowest BCUT2D eigenvalue weighted by atomic mass is 10.1. The third-order valence-corrected chi connectivity index (χ3v) is 2.84. The van der Waals surface area contributed by atoms with Crippen molar-refractivity contribution < 1.29 is 14.7 Å². The second-order valence-corrected chi connectivity index (χ2v) is 4.95. The van der Waals surface area contributed by atoms with Crippen molar-refractivity contribution in [1.29, 1.82) is 0 Å². The average molecular weight is 287 g/mol. The fourth-order valence-electron chi connectivity index (χ4n) is 1.98. The van der Waals surface area contributed by atoms with Crippen LogP contribution in [0, 0.1) is 0 Å². The molecule has 0 spiro atoms. The van der Waals surface area contributed by atoms with Crippen molar-refractivity contribution in [2.45, 2.75) is 19.9 Å². The largest absolute Gasteiger partial charge is 0.478 e. The highest BCUT2D eigenvalue weighted by molar-refractivity contribution is 6.02. The SMILES string of the molecule is CC(C)NC(=O)CNc1ccc2c(C(=O)O)cccc2n1. The van der Waals surface area contributed by atoms with Crippen molar-refractivity contribution in [2.75, 3.05) is 11.9 Å². The van der Waals surface area contributed by atoms with Gasteiger partial charge in [-0.25, -0.2) is 9.78 Å². The van der Waals surface area contributed by atoms with Crippen LogP contribution in [0.25, 0.3) is 10.9 Å². The molecule has 6 heteroatoms. The van der Waals surface area contributed by atoms with Gasteiger partial charge in [0, 0.05) is 11.4 Å². The minimum atomic E-state index is -0.987. The number of benzene rings is 1. The number of nitrogens with one attached hydrogen (secondary N) is 2. The molecule has 2 aromatic rings. The summed E-state index contributed by atoms with van der Waals surface area (Å²) in [5.41, 5.74) is 0.785. The number of rotatable bonds is 5. The van der Waals surface area contributed by atoms with Crippen molar-refractivity contribution in [3.63, 3.8) is 0 Å². The van der Waals surface area contributed by atoms with E-state index in [-0.39, 0.29) is 24.1 Å². The quantitative estimate of drug-likeness (QED) is 0.781. The first kappa shape index (κ1) is 14.8. The summed E-state index contributed by atoms with van der Waals surface area (Å²) in [6.45, 7) is 3.90. The summed E-state index contributed by atoms with van der Waals surface area (Å²) in [7, 11) is 0. The molecule has 0 fully saturated rings. The van der Waals surface area contributed by atoms with E-state index >= 15 is 0 Å². The smallest absolute Gasteiger partial charge is 0.336 e. The number of aromatic nitrogens is 1. The second-order valence-electron chi connectivity index (χ2n) is 4.95. The van der Waals surface area contributed by atoms with Gasteiger partial charge in [0.25, 0.3) is 0 Å². The number of nitrogens with zero attached hydrogens (tertiary/aromatic N) is 1. The van der Waals surface area contributed by atoms with Crippen LogP contribution in [0.4, 0.5) is 5.82 Å². The summed E-state index contributed by atoms with van der Waals surface area (Å²) in [6.07, 6.45) is 0. The molecule has 0 saturated carbocycles. The van der Waals surface area contributed by atoms with Gasteiger partial charge in [0.05, 0.1) is 17.6 Å². The Balaban J connectivity index is 2.16. The molecule has 1 aromatic heterocycles. The molecule has 0 bridgehead atoms. The fraction of sp³-hybridized carbons (Fsp3) is 0.267. The number of pyridine rings is 1. The summed E-state index contributed by atoms with van der Waals surface area (Å²) in [5.74, 6) is -0.574. The van der Waals surface area contributed by atoms with Crippen LogP contribution in [-0.4, -0.2) is 34.6 Å². The van der Waals surface area contributed by atoms with Crippen LogP contribution in [-0.2, 0) is 4.79 Å². The lowest BCUT2D eigenvalue weighted by molar-refractivity contribution is -0.119. The summed E-state index contributed by atoms with van der Waals surface area (Å²) in [5, 5.41) is 15.4. The van der Waals surface area contributed by atoms with E-state index in [1.807, 2.05) is 13.8 Å². The van der Waals surface area contributed by atoms with Crippen LogP contribution < -0.4 is 10.6 Å². The molecular formula is C15H17N3O3. The van der Waals surface area contributed by atoms with Crippen LogP contribution in [0.3, 0.4) is 0 Å². The van der Waals surface area contributed by atoms with Crippen molar-refractivity contribution >= 4 is 28.6 Å². The molecule has 0 aliphatic rings. The van der Waals surface area contributed by atoms with Gasteiger partial charge in [-0.1, -0.05) is 6.07 Å². The van der Waals surface area contributed by atoms with Crippen LogP contribution >= 0.6 is 0 Å². The summed E-state index contributed by atoms with van der Waals surface area (Å²) in [6, 6.07) is 8.36. The van der Waals surface area contributed by atoms with E-state index in [0.717, 1.165) is 0 Å². The number of aromatic carboxylic acids is 1. The minimum Gasteiger partial charge on any atom is -0.478 e. The van der Waals surface area contributed by atoms with Gasteiger partial charge in [0.2, 0.25) is 5.91 Å². The number of hydrogen-bond donors (Lipinski definition) is 3. The highest BCUT2D eigenvalue weighted by atomic mass is 16.4. The number of carbonyl (C=O) groups excluding carboxylic acids is 1. The number of fused-ring (bicyclic) bond motifs is 1. The van der Waals surface area contributed by atoms with E-state index in [1.54, 1.807) is 24.3 Å². The number of anilines is 1. The molecule has 21 heavy (non-hydrogen) atoms. The van der Waals surface area contributed by atoms with Gasteiger partial charge >= 0.3 is 5.97 Å². The van der Waals surface area contributed by atoms with Crippen LogP contribution in [0.5, 0.6) is 0 Å². The molecule has 2 rings (SSSR count). The monoisotopic (exact) mass is 287 g/mol. The third kappa shape index (κ3) is 3.68. The second kappa shape index (κ2) is 6.21. The van der Waals surface area contributed by atoms with Gasteiger partial charge in [-0.3, -0.25) is 4.79 Å². The fourth-order valence-corrected chi connectivity index (χ4v) is 1.98. The molecule has 0 aliphatic heterocycles. The highest BCUT2D eigenvalue weighted by Gasteiger charge is 2.09. The minimum absolute atomic E-state index is 0.0852. The lowest BCUT2D eigenvalue weighted by Crippen LogP contribution is -2.34. The van der Waals surface area contributed by atoms with Crippen LogP contribution in [0.15, 0.2) is 30.3 Å². The highest BCUT2D eigenvalue weighted by Crippen LogP contribution is 2.19. The predicted molar refractivity (Wildman–Crippen MR) is 80.5 cm³/mol. The molecule has 1 heterocycles. The first-order valence-electron chi connectivity index (χ1n) is 6.63. The van der Waals surface area contributed by atoms with E-state index in [4.69, 9.17) is 5.11 Å². The zero-order valence-electron chi connectivity index (χ0n) is 11.9. The van der Waals surface area contributed by atoms with Crippen molar-refractivity contribution in [3.05, 3.63) is 35.9 Å². The molecule has 0 unspecified atom stereocenters. The Bertz CT molecular complexity index is 683. The zero-order chi connectivity index (χ0) is 15.4. The van der Waals surface area contributed by atoms with E-state index in [2.05, 4.69) is 15.6 Å². The molecule has 1 aromatic carbocycles. The van der Waals surface area contributed by atoms with E-state index in [1.165, 1.54) is 6.07 Å². The van der Waals surface area contributed by atoms with Crippen molar-refractivity contribution in [3.8, 4) is 0 Å². The molecule has 0 atom stereocenters. The van der Waals surface area contributed by atoms with Crippen LogP contribution in [0.2, 0.25) is 0 Å². The summed E-state index contributed by atoms with van der Waals surface area (Å²) < 4.78 is 0. The number of carboxylic acids is 1. The van der Waals surface area contributed by atoms with Gasteiger partial charge in [-0.15, -0.1) is 0 Å². The average Bonchev–Trinajstić information content (AvgIpc) is 2.43. The predicted octanol–water partition coefficient (Wildman–Crippen LogP) is 1.87. The van der Waals surface area contributed by atoms with E-state index < -0.39 is 5.97 Å². The molecule has 0 aliphatic carbocycles. The first-order chi connectivity index (χ1) is 9.97. The Morgan fingerprint density at radius 3 is 2.67 bits per heavy atom. The van der Waals surface area contributed by atoms with Crippen molar-refractivity contribution in [2.24, 2.45) is 0 Å². The third-order valence-electron chi connectivity index (χ3n) is 2.84. The summed E-state index contributed by atoms with van der Waals surface area (Å²) >= 11 is 0. The van der Waals surface area contributed by atoms with E-state index in [9.17, 15) is 9.59 Å². The maximum absolute atomic E-state index is 11.6. The number of carbonyl (C=O) groups is 2. The van der Waals surface area contributed by atoms with Gasteiger partial charge < -0.3 is 15.7 Å². The summed E-state index contributed by atoms with van der Waals surface area (Å²) in [4.78, 5) is 27.0. The Morgan fingerprint density at radius 2 is 2.00 bits per heavy atom. The van der Waals surface area contributed by atoms with Gasteiger partial charge in [-0.2, -0.15) is 0 Å². The Kier molecular flexibility index (Phi) is 4.37. The van der Waals surface area contributed by atoms with Gasteiger partial charge in [-0.05, 0) is 38.1 Å². The molecule has 0 saturated heterocycles. The zero-order valence-corrected chi connectivity index (χ0v) is 11.9. The van der Waals surface area contributed by atoms with Crippen molar-refractivity contribution in [1.82, 2.24) is 10.3 Å². The topological polar surface area (TPSA) is 91.3 Å². The molecule has 3 N–H and O–H groups in total. The number of amides is 1. The maximum atomic E-state index is 11.6. The normalized spacial score (nSPS) is 10.6. The van der Waals surface area contributed by atoms with Gasteiger partial charge in [0.1, 0.15) is 5.82 Å². The Labute approximate surface area is 122 Å². The first-order valence-corrected chi connectivity index (χ1v) is 6.63. The molecule has 1 amide bonds. The number of carboxylic acid groups (broad SMARTS) is 1. The van der Waals surface area contributed by atoms with Gasteiger partial charge in [0.15, 0.2) is 0 Å².